The Balaban J connectivity index is 1.76. The van der Waals surface area contributed by atoms with Gasteiger partial charge in [0.15, 0.2) is 0 Å². The SMILES string of the molecule is Cc1cc(Cl)cc(CN2C[C@@H]3CCC[C@@]3(C(=O)O)C2)c1. The van der Waals surface area contributed by atoms with Crippen LogP contribution in [0.3, 0.4) is 0 Å². The summed E-state index contributed by atoms with van der Waals surface area (Å²) in [6.07, 6.45) is 2.94. The maximum atomic E-state index is 11.7. The molecule has 1 aromatic rings. The highest BCUT2D eigenvalue weighted by Crippen LogP contribution is 2.49. The summed E-state index contributed by atoms with van der Waals surface area (Å²) in [5.74, 6) is -0.287. The van der Waals surface area contributed by atoms with E-state index in [4.69, 9.17) is 11.6 Å². The van der Waals surface area contributed by atoms with Gasteiger partial charge in [-0.1, -0.05) is 24.1 Å². The van der Waals surface area contributed by atoms with E-state index in [0.717, 1.165) is 42.9 Å². The van der Waals surface area contributed by atoms with Crippen molar-refractivity contribution in [2.75, 3.05) is 13.1 Å². The summed E-state index contributed by atoms with van der Waals surface area (Å²) >= 11 is 6.10. The molecule has 4 heteroatoms. The van der Waals surface area contributed by atoms with E-state index in [1.807, 2.05) is 19.1 Å². The topological polar surface area (TPSA) is 40.5 Å². The van der Waals surface area contributed by atoms with E-state index in [0.29, 0.717) is 12.5 Å². The molecule has 1 heterocycles. The zero-order valence-electron chi connectivity index (χ0n) is 11.7. The lowest BCUT2D eigenvalue weighted by molar-refractivity contribution is -0.149. The zero-order valence-corrected chi connectivity index (χ0v) is 12.5. The Morgan fingerprint density at radius 3 is 2.95 bits per heavy atom. The van der Waals surface area contributed by atoms with E-state index < -0.39 is 11.4 Å². The van der Waals surface area contributed by atoms with Gasteiger partial charge in [0.05, 0.1) is 5.41 Å². The highest BCUT2D eigenvalue weighted by Gasteiger charge is 2.54. The van der Waals surface area contributed by atoms with Crippen LogP contribution in [-0.2, 0) is 11.3 Å². The minimum atomic E-state index is -0.607. The van der Waals surface area contributed by atoms with Crippen LogP contribution in [0.1, 0.15) is 30.4 Å². The van der Waals surface area contributed by atoms with Gasteiger partial charge >= 0.3 is 5.97 Å². The molecule has 0 unspecified atom stereocenters. The van der Waals surface area contributed by atoms with Crippen LogP contribution in [0.4, 0.5) is 0 Å². The third-order valence-corrected chi connectivity index (χ3v) is 5.09. The molecule has 2 atom stereocenters. The van der Waals surface area contributed by atoms with Crippen molar-refractivity contribution in [1.29, 1.82) is 0 Å². The van der Waals surface area contributed by atoms with Crippen LogP contribution in [0.15, 0.2) is 18.2 Å². The van der Waals surface area contributed by atoms with Gasteiger partial charge in [0.25, 0.3) is 0 Å². The molecule has 1 aliphatic carbocycles. The Labute approximate surface area is 124 Å². The van der Waals surface area contributed by atoms with Crippen LogP contribution in [-0.4, -0.2) is 29.1 Å². The smallest absolute Gasteiger partial charge is 0.311 e. The maximum Gasteiger partial charge on any atom is 0.311 e. The number of carboxylic acids is 1. The first-order chi connectivity index (χ1) is 9.49. The molecule has 1 aliphatic heterocycles. The third-order valence-electron chi connectivity index (χ3n) is 4.88. The molecule has 0 aromatic heterocycles. The van der Waals surface area contributed by atoms with Gasteiger partial charge < -0.3 is 5.11 Å². The first-order valence-electron chi connectivity index (χ1n) is 7.21. The second-order valence-electron chi connectivity index (χ2n) is 6.36. The molecular formula is C16H20ClNO2. The summed E-state index contributed by atoms with van der Waals surface area (Å²) in [6, 6.07) is 6.06. The highest BCUT2D eigenvalue weighted by atomic mass is 35.5. The molecule has 3 nitrogen and oxygen atoms in total. The average Bonchev–Trinajstić information content (AvgIpc) is 2.84. The van der Waals surface area contributed by atoms with E-state index in [9.17, 15) is 9.90 Å². The lowest BCUT2D eigenvalue weighted by atomic mass is 9.81. The molecule has 2 fully saturated rings. The van der Waals surface area contributed by atoms with Crippen LogP contribution < -0.4 is 0 Å². The van der Waals surface area contributed by atoms with Crippen molar-refractivity contribution in [1.82, 2.24) is 4.90 Å². The van der Waals surface area contributed by atoms with Gasteiger partial charge in [-0.25, -0.2) is 0 Å². The quantitative estimate of drug-likeness (QED) is 0.929. The largest absolute Gasteiger partial charge is 0.481 e. The fourth-order valence-electron chi connectivity index (χ4n) is 4.02. The number of nitrogens with zero attached hydrogens (tertiary/aromatic N) is 1. The van der Waals surface area contributed by atoms with Crippen molar-refractivity contribution in [2.24, 2.45) is 11.3 Å². The molecule has 0 amide bonds. The van der Waals surface area contributed by atoms with Gasteiger partial charge in [-0.15, -0.1) is 0 Å². The Kier molecular flexibility index (Phi) is 3.51. The van der Waals surface area contributed by atoms with Crippen molar-refractivity contribution in [2.45, 2.75) is 32.7 Å². The zero-order chi connectivity index (χ0) is 14.3. The number of rotatable bonds is 3. The first kappa shape index (κ1) is 13.9. The van der Waals surface area contributed by atoms with E-state index in [2.05, 4.69) is 11.0 Å². The number of likely N-dealkylation sites (tertiary alicyclic amines) is 1. The maximum absolute atomic E-state index is 11.7. The van der Waals surface area contributed by atoms with Crippen LogP contribution in [0.2, 0.25) is 5.02 Å². The number of benzene rings is 1. The Hall–Kier alpha value is -1.06. The molecular weight excluding hydrogens is 274 g/mol. The number of aliphatic carboxylic acids is 1. The number of halogens is 1. The van der Waals surface area contributed by atoms with Crippen molar-refractivity contribution in [3.8, 4) is 0 Å². The van der Waals surface area contributed by atoms with E-state index in [1.54, 1.807) is 0 Å². The number of hydrogen-bond acceptors (Lipinski definition) is 2. The minimum absolute atomic E-state index is 0.320. The van der Waals surface area contributed by atoms with Crippen molar-refractivity contribution < 1.29 is 9.90 Å². The molecule has 20 heavy (non-hydrogen) atoms. The molecule has 108 valence electrons. The second-order valence-corrected chi connectivity index (χ2v) is 6.79. The molecule has 1 aromatic carbocycles. The number of hydrogen-bond donors (Lipinski definition) is 1. The third kappa shape index (κ3) is 2.33. The van der Waals surface area contributed by atoms with Gasteiger partial charge in [-0.05, 0) is 48.9 Å². The molecule has 0 spiro atoms. The summed E-state index contributed by atoms with van der Waals surface area (Å²) in [7, 11) is 0. The molecule has 2 aliphatic rings. The molecule has 0 bridgehead atoms. The lowest BCUT2D eigenvalue weighted by Crippen LogP contribution is -2.35. The fraction of sp³-hybridized carbons (Fsp3) is 0.562. The fourth-order valence-corrected chi connectivity index (χ4v) is 4.34. The van der Waals surface area contributed by atoms with Crippen molar-refractivity contribution in [3.05, 3.63) is 34.3 Å². The average molecular weight is 294 g/mol. The molecule has 0 radical (unpaired) electrons. The van der Waals surface area contributed by atoms with Crippen molar-refractivity contribution in [3.63, 3.8) is 0 Å². The van der Waals surface area contributed by atoms with Gasteiger partial charge in [0.2, 0.25) is 0 Å². The molecule has 1 saturated carbocycles. The number of carbonyl (C=O) groups is 1. The summed E-state index contributed by atoms with van der Waals surface area (Å²) in [4.78, 5) is 13.9. The highest BCUT2D eigenvalue weighted by molar-refractivity contribution is 6.30. The summed E-state index contributed by atoms with van der Waals surface area (Å²) in [6.45, 7) is 4.41. The van der Waals surface area contributed by atoms with Crippen LogP contribution in [0.25, 0.3) is 0 Å². The van der Waals surface area contributed by atoms with Crippen LogP contribution in [0.5, 0.6) is 0 Å². The van der Waals surface area contributed by atoms with Gasteiger partial charge in [-0.3, -0.25) is 9.69 Å². The Morgan fingerprint density at radius 1 is 1.50 bits per heavy atom. The molecule has 1 saturated heterocycles. The molecule has 1 N–H and O–H groups in total. The van der Waals surface area contributed by atoms with Gasteiger partial charge in [0, 0.05) is 24.7 Å². The predicted octanol–water partition coefficient (Wildman–Crippen LogP) is 3.34. The number of fused-ring (bicyclic) bond motifs is 1. The lowest BCUT2D eigenvalue weighted by Gasteiger charge is -2.23. The van der Waals surface area contributed by atoms with Gasteiger partial charge in [-0.2, -0.15) is 0 Å². The van der Waals surface area contributed by atoms with Crippen molar-refractivity contribution >= 4 is 17.6 Å². The summed E-state index contributed by atoms with van der Waals surface area (Å²) < 4.78 is 0. The minimum Gasteiger partial charge on any atom is -0.481 e. The standard InChI is InChI=1S/C16H20ClNO2/c1-11-5-12(7-14(17)6-11)8-18-9-13-3-2-4-16(13,10-18)15(19)20/h5-7,13H,2-4,8-10H2,1H3,(H,19,20)/t13-,16+/m0/s1. The van der Waals surface area contributed by atoms with E-state index in [1.165, 1.54) is 5.56 Å². The number of carboxylic acid groups (broad SMARTS) is 1. The number of aryl methyl sites for hydroxylation is 1. The predicted molar refractivity (Wildman–Crippen MR) is 78.9 cm³/mol. The van der Waals surface area contributed by atoms with E-state index >= 15 is 0 Å². The summed E-state index contributed by atoms with van der Waals surface area (Å²) in [5, 5.41) is 10.4. The van der Waals surface area contributed by atoms with Gasteiger partial charge in [0.1, 0.15) is 0 Å². The first-order valence-corrected chi connectivity index (χ1v) is 7.59. The molecule has 3 rings (SSSR count). The van der Waals surface area contributed by atoms with Crippen LogP contribution in [0, 0.1) is 18.3 Å². The second kappa shape index (κ2) is 5.05. The Bertz CT molecular complexity index is 525. The Morgan fingerprint density at radius 2 is 2.30 bits per heavy atom. The van der Waals surface area contributed by atoms with Crippen LogP contribution >= 0.6 is 11.6 Å². The van der Waals surface area contributed by atoms with E-state index in [-0.39, 0.29) is 0 Å². The summed E-state index contributed by atoms with van der Waals surface area (Å²) in [5.41, 5.74) is 1.84. The normalized spacial score (nSPS) is 29.6. The monoisotopic (exact) mass is 293 g/mol.